The molecule has 3 rings (SSSR count). The molecule has 0 spiro atoms. The van der Waals surface area contributed by atoms with Crippen LogP contribution in [-0.4, -0.2) is 53.2 Å². The second-order valence-electron chi connectivity index (χ2n) is 6.89. The largest absolute Gasteiger partial charge is 0.331 e. The zero-order valence-corrected chi connectivity index (χ0v) is 15.8. The maximum Gasteiger partial charge on any atom is 0.225 e. The molecule has 2 unspecified atom stereocenters. The van der Waals surface area contributed by atoms with E-state index < -0.39 is 10.0 Å². The van der Waals surface area contributed by atoms with Crippen molar-refractivity contribution >= 4 is 15.9 Å². The topological polar surface area (TPSA) is 108 Å². The van der Waals surface area contributed by atoms with Gasteiger partial charge >= 0.3 is 0 Å². The molecule has 1 aromatic carbocycles. The molecule has 1 fully saturated rings. The molecule has 2 atom stereocenters. The Hall–Kier alpha value is -2.26. The van der Waals surface area contributed by atoms with Gasteiger partial charge in [0.25, 0.3) is 0 Å². The summed E-state index contributed by atoms with van der Waals surface area (Å²) in [7, 11) is -3.35. The molecule has 9 heteroatoms. The van der Waals surface area contributed by atoms with Crippen LogP contribution in [0.2, 0.25) is 0 Å². The van der Waals surface area contributed by atoms with Crippen LogP contribution in [-0.2, 0) is 14.8 Å². The molecule has 1 aliphatic heterocycles. The highest BCUT2D eigenvalue weighted by atomic mass is 32.2. The fourth-order valence-corrected chi connectivity index (χ4v) is 3.97. The molecule has 1 saturated heterocycles. The van der Waals surface area contributed by atoms with E-state index in [1.54, 1.807) is 4.90 Å². The van der Waals surface area contributed by atoms with Gasteiger partial charge in [-0.05, 0) is 6.42 Å². The fourth-order valence-electron chi connectivity index (χ4n) is 3.20. The number of hydrogen-bond acceptors (Lipinski definition) is 5. The van der Waals surface area contributed by atoms with Crippen molar-refractivity contribution in [2.24, 2.45) is 5.92 Å². The number of carbonyl (C=O) groups is 1. The Balaban J connectivity index is 1.88. The molecule has 140 valence electrons. The van der Waals surface area contributed by atoms with Crippen LogP contribution in [0.4, 0.5) is 0 Å². The summed E-state index contributed by atoms with van der Waals surface area (Å²) < 4.78 is 25.8. The lowest BCUT2D eigenvalue weighted by molar-refractivity contribution is -0.135. The molecular weight excluding hydrogens is 354 g/mol. The minimum Gasteiger partial charge on any atom is -0.331 e. The first-order chi connectivity index (χ1) is 12.2. The van der Waals surface area contributed by atoms with E-state index >= 15 is 0 Å². The van der Waals surface area contributed by atoms with Crippen molar-refractivity contribution in [1.82, 2.24) is 24.8 Å². The van der Waals surface area contributed by atoms with Gasteiger partial charge in [-0.3, -0.25) is 9.89 Å². The predicted molar refractivity (Wildman–Crippen MR) is 97.5 cm³/mol. The zero-order chi connectivity index (χ0) is 18.9. The molecule has 0 radical (unpaired) electrons. The van der Waals surface area contributed by atoms with Gasteiger partial charge in [-0.15, -0.1) is 0 Å². The van der Waals surface area contributed by atoms with Gasteiger partial charge in [0, 0.05) is 24.1 Å². The number of aromatic amines is 1. The number of rotatable bonds is 5. The Morgan fingerprint density at radius 2 is 2.00 bits per heavy atom. The third kappa shape index (κ3) is 4.10. The molecule has 1 aromatic heterocycles. The average Bonchev–Trinajstić information content (AvgIpc) is 3.20. The number of sulfonamides is 1. The highest BCUT2D eigenvalue weighted by molar-refractivity contribution is 7.88. The molecule has 2 heterocycles. The van der Waals surface area contributed by atoms with Crippen molar-refractivity contribution in [3.05, 3.63) is 36.2 Å². The maximum atomic E-state index is 12.6. The Morgan fingerprint density at radius 1 is 1.31 bits per heavy atom. The summed E-state index contributed by atoms with van der Waals surface area (Å²) in [5.74, 6) is 0.893. The minimum absolute atomic E-state index is 0.0366. The minimum atomic E-state index is -3.35. The van der Waals surface area contributed by atoms with E-state index in [-0.39, 0.29) is 23.9 Å². The Labute approximate surface area is 153 Å². The number of amides is 1. The zero-order valence-electron chi connectivity index (χ0n) is 15.0. The normalized spacial score (nSPS) is 20.7. The number of hydrogen-bond donors (Lipinski definition) is 2. The van der Waals surface area contributed by atoms with Crippen LogP contribution in [0, 0.1) is 5.92 Å². The van der Waals surface area contributed by atoms with E-state index in [2.05, 4.69) is 19.9 Å². The molecule has 0 saturated carbocycles. The first-order valence-corrected chi connectivity index (χ1v) is 10.4. The summed E-state index contributed by atoms with van der Waals surface area (Å²) in [4.78, 5) is 18.8. The number of carbonyl (C=O) groups excluding carboxylic acids is 1. The molecule has 0 aliphatic carbocycles. The van der Waals surface area contributed by atoms with E-state index in [1.165, 1.54) is 0 Å². The van der Waals surface area contributed by atoms with Gasteiger partial charge in [-0.2, -0.15) is 5.10 Å². The van der Waals surface area contributed by atoms with Crippen molar-refractivity contribution in [1.29, 1.82) is 0 Å². The first-order valence-electron chi connectivity index (χ1n) is 8.50. The van der Waals surface area contributed by atoms with E-state index in [0.29, 0.717) is 24.6 Å². The van der Waals surface area contributed by atoms with E-state index in [0.717, 1.165) is 11.8 Å². The van der Waals surface area contributed by atoms with Crippen LogP contribution in [0.1, 0.15) is 32.1 Å². The number of nitrogens with zero attached hydrogens (tertiary/aromatic N) is 3. The molecular formula is C17H23N5O3S. The van der Waals surface area contributed by atoms with Gasteiger partial charge in [0.2, 0.25) is 15.9 Å². The summed E-state index contributed by atoms with van der Waals surface area (Å²) in [6, 6.07) is 8.86. The SMILES string of the molecule is CC(C)C(=O)N1CC(NS(C)(=O)=O)CC1c1nc(-c2ccccc2)n[nH]1. The summed E-state index contributed by atoms with van der Waals surface area (Å²) >= 11 is 0. The van der Waals surface area contributed by atoms with E-state index in [4.69, 9.17) is 0 Å². The van der Waals surface area contributed by atoms with E-state index in [1.807, 2.05) is 44.2 Å². The Kier molecular flexibility index (Phi) is 5.10. The first kappa shape index (κ1) is 18.5. The average molecular weight is 377 g/mol. The lowest BCUT2D eigenvalue weighted by Crippen LogP contribution is -2.39. The van der Waals surface area contributed by atoms with Crippen LogP contribution < -0.4 is 4.72 Å². The van der Waals surface area contributed by atoms with Crippen molar-refractivity contribution < 1.29 is 13.2 Å². The molecule has 1 amide bonds. The fraction of sp³-hybridized carbons (Fsp3) is 0.471. The maximum absolute atomic E-state index is 12.6. The molecule has 1 aliphatic rings. The second kappa shape index (κ2) is 7.16. The standard InChI is InChI=1S/C17H23N5O3S/c1-11(2)17(23)22-10-13(21-26(3,24)25)9-14(22)16-18-15(19-20-16)12-7-5-4-6-8-12/h4-8,11,13-14,21H,9-10H2,1-3H3,(H,18,19,20). The predicted octanol–water partition coefficient (Wildman–Crippen LogP) is 1.32. The molecule has 0 bridgehead atoms. The number of likely N-dealkylation sites (tertiary alicyclic amines) is 1. The molecule has 26 heavy (non-hydrogen) atoms. The molecule has 2 N–H and O–H groups in total. The smallest absolute Gasteiger partial charge is 0.225 e. The third-order valence-corrected chi connectivity index (χ3v) is 5.07. The van der Waals surface area contributed by atoms with Gasteiger partial charge in [0.05, 0.1) is 12.3 Å². The van der Waals surface area contributed by atoms with Crippen molar-refractivity contribution in [3.63, 3.8) is 0 Å². The highest BCUT2D eigenvalue weighted by Gasteiger charge is 2.39. The summed E-state index contributed by atoms with van der Waals surface area (Å²) in [5.41, 5.74) is 0.876. The van der Waals surface area contributed by atoms with Gasteiger partial charge in [0.1, 0.15) is 5.82 Å². The number of benzene rings is 1. The van der Waals surface area contributed by atoms with Crippen LogP contribution in [0.3, 0.4) is 0 Å². The van der Waals surface area contributed by atoms with Crippen molar-refractivity contribution in [3.8, 4) is 11.4 Å². The second-order valence-corrected chi connectivity index (χ2v) is 8.67. The summed E-state index contributed by atoms with van der Waals surface area (Å²) in [6.07, 6.45) is 1.58. The van der Waals surface area contributed by atoms with Gasteiger partial charge < -0.3 is 4.90 Å². The van der Waals surface area contributed by atoms with Crippen molar-refractivity contribution in [2.75, 3.05) is 12.8 Å². The summed E-state index contributed by atoms with van der Waals surface area (Å²) in [6.45, 7) is 3.97. The summed E-state index contributed by atoms with van der Waals surface area (Å²) in [5, 5.41) is 7.18. The van der Waals surface area contributed by atoms with Crippen molar-refractivity contribution in [2.45, 2.75) is 32.4 Å². The number of H-pyrrole nitrogens is 1. The van der Waals surface area contributed by atoms with Crippen LogP contribution in [0.25, 0.3) is 11.4 Å². The molecule has 8 nitrogen and oxygen atoms in total. The van der Waals surface area contributed by atoms with E-state index in [9.17, 15) is 13.2 Å². The van der Waals surface area contributed by atoms with Crippen LogP contribution >= 0.6 is 0 Å². The number of aromatic nitrogens is 3. The lowest BCUT2D eigenvalue weighted by Gasteiger charge is -2.24. The number of nitrogens with one attached hydrogen (secondary N) is 2. The van der Waals surface area contributed by atoms with Gasteiger partial charge in [-0.25, -0.2) is 18.1 Å². The quantitative estimate of drug-likeness (QED) is 0.817. The third-order valence-electron chi connectivity index (χ3n) is 4.31. The van der Waals surface area contributed by atoms with Gasteiger partial charge in [-0.1, -0.05) is 44.2 Å². The highest BCUT2D eigenvalue weighted by Crippen LogP contribution is 2.32. The lowest BCUT2D eigenvalue weighted by atomic mass is 10.1. The monoisotopic (exact) mass is 377 g/mol. The van der Waals surface area contributed by atoms with Crippen LogP contribution in [0.5, 0.6) is 0 Å². The Bertz CT molecular complexity index is 879. The Morgan fingerprint density at radius 3 is 2.62 bits per heavy atom. The van der Waals surface area contributed by atoms with Crippen LogP contribution in [0.15, 0.2) is 30.3 Å². The van der Waals surface area contributed by atoms with Gasteiger partial charge in [0.15, 0.2) is 5.82 Å². The molecule has 2 aromatic rings.